The first-order valence-electron chi connectivity index (χ1n) is 6.22. The Morgan fingerprint density at radius 3 is 2.57 bits per heavy atom. The Balaban J connectivity index is 2.51. The van der Waals surface area contributed by atoms with Crippen LogP contribution < -0.4 is 0 Å². The van der Waals surface area contributed by atoms with E-state index < -0.39 is 16.6 Å². The Hall–Kier alpha value is -2.52. The summed E-state index contributed by atoms with van der Waals surface area (Å²) in [6.07, 6.45) is 1.44. The van der Waals surface area contributed by atoms with Crippen molar-refractivity contribution >= 4 is 17.4 Å². The normalized spacial score (nSPS) is 10.8. The van der Waals surface area contributed by atoms with E-state index in [2.05, 4.69) is 4.98 Å². The Morgan fingerprint density at radius 2 is 2.00 bits per heavy atom. The molecule has 0 aliphatic heterocycles. The maximum atomic E-state index is 12.3. The van der Waals surface area contributed by atoms with E-state index >= 15 is 0 Å². The van der Waals surface area contributed by atoms with Crippen molar-refractivity contribution in [1.29, 1.82) is 0 Å². The highest BCUT2D eigenvalue weighted by atomic mass is 16.6. The number of hydrogen-bond acceptors (Lipinski definition) is 6. The van der Waals surface area contributed by atoms with Gasteiger partial charge in [0, 0.05) is 19.2 Å². The van der Waals surface area contributed by atoms with Crippen LogP contribution in [0, 0.1) is 10.1 Å². The summed E-state index contributed by atoms with van der Waals surface area (Å²) in [5, 5.41) is 29.1. The summed E-state index contributed by atoms with van der Waals surface area (Å²) in [6.45, 7) is -0.700. The lowest BCUT2D eigenvalue weighted by Crippen LogP contribution is -2.36. The van der Waals surface area contributed by atoms with Crippen LogP contribution in [-0.4, -0.2) is 61.6 Å². The molecule has 0 atom stereocenters. The van der Waals surface area contributed by atoms with Crippen molar-refractivity contribution in [2.75, 3.05) is 26.3 Å². The van der Waals surface area contributed by atoms with Crippen molar-refractivity contribution in [3.05, 3.63) is 40.2 Å². The van der Waals surface area contributed by atoms with Crippen LogP contribution in [-0.2, 0) is 0 Å². The van der Waals surface area contributed by atoms with Crippen molar-refractivity contribution in [1.82, 2.24) is 14.3 Å². The number of pyridine rings is 1. The third-order valence-electron chi connectivity index (χ3n) is 2.91. The summed E-state index contributed by atoms with van der Waals surface area (Å²) in [4.78, 5) is 28.0. The number of nitro groups is 1. The maximum absolute atomic E-state index is 12.3. The average Bonchev–Trinajstić information content (AvgIpc) is 2.85. The minimum Gasteiger partial charge on any atom is -0.395 e. The first kappa shape index (κ1) is 14.9. The van der Waals surface area contributed by atoms with Gasteiger partial charge in [-0.2, -0.15) is 9.38 Å². The quantitative estimate of drug-likeness (QED) is 0.555. The highest BCUT2D eigenvalue weighted by Crippen LogP contribution is 2.21. The second-order valence-corrected chi connectivity index (χ2v) is 4.21. The van der Waals surface area contributed by atoms with Crippen LogP contribution in [0.5, 0.6) is 0 Å². The molecule has 0 saturated heterocycles. The van der Waals surface area contributed by atoms with Gasteiger partial charge in [-0.25, -0.2) is 0 Å². The molecule has 9 heteroatoms. The van der Waals surface area contributed by atoms with Crippen LogP contribution in [0.25, 0.3) is 5.65 Å². The number of carbonyl (C=O) groups excluding carboxylic acids is 1. The number of aliphatic hydroxyl groups excluding tert-OH is 2. The van der Waals surface area contributed by atoms with Crippen LogP contribution in [0.3, 0.4) is 0 Å². The number of aromatic nitrogens is 2. The van der Waals surface area contributed by atoms with Gasteiger partial charge in [-0.15, -0.1) is 0 Å². The number of hydrogen-bond donors (Lipinski definition) is 2. The topological polar surface area (TPSA) is 121 Å². The molecule has 2 N–H and O–H groups in total. The van der Waals surface area contributed by atoms with Gasteiger partial charge < -0.3 is 25.2 Å². The number of fused-ring (bicyclic) bond motifs is 1. The van der Waals surface area contributed by atoms with Crippen LogP contribution in [0.15, 0.2) is 24.4 Å². The Kier molecular flexibility index (Phi) is 4.45. The van der Waals surface area contributed by atoms with Gasteiger partial charge in [0.2, 0.25) is 11.3 Å². The van der Waals surface area contributed by atoms with E-state index in [1.165, 1.54) is 10.6 Å². The zero-order valence-corrected chi connectivity index (χ0v) is 11.0. The highest BCUT2D eigenvalue weighted by molar-refractivity contribution is 5.96. The van der Waals surface area contributed by atoms with E-state index in [4.69, 9.17) is 10.2 Å². The molecule has 0 aromatic carbocycles. The van der Waals surface area contributed by atoms with Crippen molar-refractivity contribution < 1.29 is 19.9 Å². The molecule has 21 heavy (non-hydrogen) atoms. The molecule has 2 aromatic rings. The number of aliphatic hydroxyl groups is 2. The lowest BCUT2D eigenvalue weighted by Gasteiger charge is -2.19. The number of amides is 1. The smallest absolute Gasteiger partial charge is 0.361 e. The van der Waals surface area contributed by atoms with E-state index in [-0.39, 0.29) is 37.6 Å². The third kappa shape index (κ3) is 2.83. The molecule has 0 unspecified atom stereocenters. The summed E-state index contributed by atoms with van der Waals surface area (Å²) in [7, 11) is 0. The molecule has 1 amide bonds. The number of rotatable bonds is 6. The Bertz CT molecular complexity index is 663. The molecule has 112 valence electrons. The summed E-state index contributed by atoms with van der Waals surface area (Å²) in [5.74, 6) is -1.13. The summed E-state index contributed by atoms with van der Waals surface area (Å²) in [5.41, 5.74) is -0.0337. The van der Waals surface area contributed by atoms with Crippen LogP contribution in [0.4, 0.5) is 5.82 Å². The van der Waals surface area contributed by atoms with Gasteiger partial charge in [0.1, 0.15) is 0 Å². The number of imidazole rings is 1. The molecular weight excluding hydrogens is 280 g/mol. The summed E-state index contributed by atoms with van der Waals surface area (Å²) < 4.78 is 1.21. The van der Waals surface area contributed by atoms with Crippen molar-refractivity contribution in [2.45, 2.75) is 0 Å². The first-order valence-corrected chi connectivity index (χ1v) is 6.22. The molecule has 2 aromatic heterocycles. The Morgan fingerprint density at radius 1 is 1.33 bits per heavy atom. The van der Waals surface area contributed by atoms with Crippen molar-refractivity contribution in [3.63, 3.8) is 0 Å². The predicted octanol–water partition coefficient (Wildman–Crippen LogP) is -0.331. The lowest BCUT2D eigenvalue weighted by atomic mass is 10.3. The zero-order valence-electron chi connectivity index (χ0n) is 11.0. The molecule has 0 aliphatic rings. The van der Waals surface area contributed by atoms with Gasteiger partial charge in [-0.05, 0) is 11.0 Å². The van der Waals surface area contributed by atoms with Gasteiger partial charge in [-0.1, -0.05) is 6.07 Å². The fourth-order valence-corrected chi connectivity index (χ4v) is 2.01. The molecule has 0 spiro atoms. The van der Waals surface area contributed by atoms with E-state index in [9.17, 15) is 14.9 Å². The van der Waals surface area contributed by atoms with E-state index in [1.807, 2.05) is 0 Å². The third-order valence-corrected chi connectivity index (χ3v) is 2.91. The van der Waals surface area contributed by atoms with Crippen molar-refractivity contribution in [3.8, 4) is 0 Å². The van der Waals surface area contributed by atoms with E-state index in [0.29, 0.717) is 0 Å². The summed E-state index contributed by atoms with van der Waals surface area (Å²) >= 11 is 0. The number of carbonyl (C=O) groups is 1. The number of nitrogens with zero attached hydrogens (tertiary/aromatic N) is 4. The standard InChI is InChI=1S/C12H14N4O5/c17-7-5-14(6-8-18)12(19)10-11(16(20)21)15-4-2-1-3-9(15)13-10/h1-4,17-18H,5-8H2. The Labute approximate surface area is 119 Å². The average molecular weight is 294 g/mol. The van der Waals surface area contributed by atoms with E-state index in [0.717, 1.165) is 4.90 Å². The van der Waals surface area contributed by atoms with Gasteiger partial charge in [0.15, 0.2) is 0 Å². The molecule has 2 rings (SSSR count). The minimum absolute atomic E-state index is 0.0373. The molecule has 0 bridgehead atoms. The van der Waals surface area contributed by atoms with Gasteiger partial charge in [0.25, 0.3) is 5.91 Å². The maximum Gasteiger partial charge on any atom is 0.361 e. The van der Waals surface area contributed by atoms with Gasteiger partial charge in [-0.3, -0.25) is 4.79 Å². The second-order valence-electron chi connectivity index (χ2n) is 4.21. The molecular formula is C12H14N4O5. The monoisotopic (exact) mass is 294 g/mol. The largest absolute Gasteiger partial charge is 0.395 e. The van der Waals surface area contributed by atoms with Crippen molar-refractivity contribution in [2.24, 2.45) is 0 Å². The second kappa shape index (κ2) is 6.29. The zero-order chi connectivity index (χ0) is 15.4. The molecule has 2 heterocycles. The first-order chi connectivity index (χ1) is 10.1. The van der Waals surface area contributed by atoms with Crippen LogP contribution in [0.1, 0.15) is 10.5 Å². The van der Waals surface area contributed by atoms with Crippen LogP contribution >= 0.6 is 0 Å². The van der Waals surface area contributed by atoms with E-state index in [1.54, 1.807) is 18.2 Å². The lowest BCUT2D eigenvalue weighted by molar-refractivity contribution is -0.390. The minimum atomic E-state index is -0.700. The molecule has 0 fully saturated rings. The molecule has 9 nitrogen and oxygen atoms in total. The van der Waals surface area contributed by atoms with Gasteiger partial charge in [0.05, 0.1) is 19.4 Å². The molecule has 0 radical (unpaired) electrons. The fraction of sp³-hybridized carbons (Fsp3) is 0.333. The molecule has 0 saturated carbocycles. The van der Waals surface area contributed by atoms with Crippen LogP contribution in [0.2, 0.25) is 0 Å². The predicted molar refractivity (Wildman–Crippen MR) is 71.9 cm³/mol. The highest BCUT2D eigenvalue weighted by Gasteiger charge is 2.30. The SMILES string of the molecule is O=C(c1nc2ccccn2c1[N+](=O)[O-])N(CCO)CCO. The summed E-state index contributed by atoms with van der Waals surface area (Å²) in [6, 6.07) is 4.79. The fourth-order valence-electron chi connectivity index (χ4n) is 2.01. The molecule has 0 aliphatic carbocycles. The van der Waals surface area contributed by atoms with Gasteiger partial charge >= 0.3 is 5.82 Å².